The van der Waals surface area contributed by atoms with Gasteiger partial charge in [0.1, 0.15) is 17.3 Å². The maximum absolute atomic E-state index is 14.0. The Hall–Kier alpha value is -3.55. The number of nitrogens with one attached hydrogen (secondary N) is 3. The number of rotatable bonds is 5. The highest BCUT2D eigenvalue weighted by Gasteiger charge is 2.16. The molecule has 3 N–H and O–H groups in total. The van der Waals surface area contributed by atoms with Crippen molar-refractivity contribution < 1.29 is 23.2 Å². The van der Waals surface area contributed by atoms with E-state index in [0.717, 1.165) is 6.07 Å². The van der Waals surface area contributed by atoms with Crippen molar-refractivity contribution in [1.29, 1.82) is 0 Å². The average Bonchev–Trinajstić information content (AvgIpc) is 2.58. The standard InChI is InChI=1S/C19H17F2N3O3/c1-11(25)22-16-10-17(15(21)9-14(16)20)24-19(27)18(23-12(2)26)8-13-6-4-3-5-7-13/h3-10H,1-2H3,(H,22,25)(H,23,26)(H,24,27)/b18-8-. The molecule has 3 amide bonds. The number of benzene rings is 2. The Bertz CT molecular complexity index is 912. The van der Waals surface area contributed by atoms with Gasteiger partial charge in [-0.3, -0.25) is 14.4 Å². The van der Waals surface area contributed by atoms with Crippen LogP contribution in [-0.4, -0.2) is 17.7 Å². The summed E-state index contributed by atoms with van der Waals surface area (Å²) in [5.74, 6) is -3.88. The zero-order valence-corrected chi connectivity index (χ0v) is 14.6. The minimum absolute atomic E-state index is 0.126. The summed E-state index contributed by atoms with van der Waals surface area (Å²) >= 11 is 0. The first-order valence-corrected chi connectivity index (χ1v) is 7.88. The highest BCUT2D eigenvalue weighted by atomic mass is 19.1. The monoisotopic (exact) mass is 373 g/mol. The van der Waals surface area contributed by atoms with Crippen LogP contribution in [0.1, 0.15) is 19.4 Å². The molecule has 0 aliphatic heterocycles. The van der Waals surface area contributed by atoms with Crippen molar-refractivity contribution in [2.24, 2.45) is 0 Å². The van der Waals surface area contributed by atoms with E-state index >= 15 is 0 Å². The van der Waals surface area contributed by atoms with Crippen LogP contribution in [0.4, 0.5) is 20.2 Å². The zero-order valence-electron chi connectivity index (χ0n) is 14.6. The van der Waals surface area contributed by atoms with Crippen LogP contribution in [0.5, 0.6) is 0 Å². The van der Waals surface area contributed by atoms with Crippen LogP contribution >= 0.6 is 0 Å². The number of anilines is 2. The highest BCUT2D eigenvalue weighted by Crippen LogP contribution is 2.24. The molecule has 6 nitrogen and oxygen atoms in total. The predicted octanol–water partition coefficient (Wildman–Crippen LogP) is 3.04. The Kier molecular flexibility index (Phi) is 6.37. The predicted molar refractivity (Wildman–Crippen MR) is 97.5 cm³/mol. The van der Waals surface area contributed by atoms with E-state index < -0.39 is 29.4 Å². The summed E-state index contributed by atoms with van der Waals surface area (Å²) in [4.78, 5) is 35.0. The van der Waals surface area contributed by atoms with Crippen LogP contribution < -0.4 is 16.0 Å². The van der Waals surface area contributed by atoms with Crippen LogP contribution in [-0.2, 0) is 14.4 Å². The van der Waals surface area contributed by atoms with Crippen LogP contribution in [0.25, 0.3) is 6.08 Å². The SMILES string of the molecule is CC(=O)N/C(=C\c1ccccc1)C(=O)Nc1cc(NC(C)=O)c(F)cc1F. The summed E-state index contributed by atoms with van der Waals surface area (Å²) in [6.07, 6.45) is 1.41. The fourth-order valence-electron chi connectivity index (χ4n) is 2.18. The summed E-state index contributed by atoms with van der Waals surface area (Å²) in [6.45, 7) is 2.39. The molecule has 0 fully saturated rings. The van der Waals surface area contributed by atoms with Crippen LogP contribution in [0, 0.1) is 11.6 Å². The van der Waals surface area contributed by atoms with E-state index in [1.807, 2.05) is 0 Å². The van der Waals surface area contributed by atoms with Crippen molar-refractivity contribution in [3.63, 3.8) is 0 Å². The molecule has 140 valence electrons. The number of carbonyl (C=O) groups is 3. The molecule has 8 heteroatoms. The van der Waals surface area contributed by atoms with Gasteiger partial charge in [0.2, 0.25) is 11.8 Å². The van der Waals surface area contributed by atoms with Crippen LogP contribution in [0.2, 0.25) is 0 Å². The first-order valence-electron chi connectivity index (χ1n) is 7.88. The number of carbonyl (C=O) groups excluding carboxylic acids is 3. The van der Waals surface area contributed by atoms with Gasteiger partial charge >= 0.3 is 0 Å². The summed E-state index contributed by atoms with van der Waals surface area (Å²) in [6, 6.07) is 10.2. The third-order valence-corrected chi connectivity index (χ3v) is 3.28. The maximum Gasteiger partial charge on any atom is 0.272 e. The highest BCUT2D eigenvalue weighted by molar-refractivity contribution is 6.08. The summed E-state index contributed by atoms with van der Waals surface area (Å²) in [5, 5.41) is 6.83. The molecule has 0 heterocycles. The smallest absolute Gasteiger partial charge is 0.272 e. The second-order valence-electron chi connectivity index (χ2n) is 5.60. The fourth-order valence-corrected chi connectivity index (χ4v) is 2.18. The molecular formula is C19H17F2N3O3. The maximum atomic E-state index is 14.0. The third kappa shape index (κ3) is 5.74. The number of hydrogen-bond donors (Lipinski definition) is 3. The zero-order chi connectivity index (χ0) is 20.0. The van der Waals surface area contributed by atoms with Gasteiger partial charge in [0.05, 0.1) is 11.4 Å². The van der Waals surface area contributed by atoms with Crippen molar-refractivity contribution in [3.05, 3.63) is 65.4 Å². The second-order valence-corrected chi connectivity index (χ2v) is 5.60. The van der Waals surface area contributed by atoms with E-state index in [0.29, 0.717) is 11.6 Å². The average molecular weight is 373 g/mol. The van der Waals surface area contributed by atoms with Crippen LogP contribution in [0.15, 0.2) is 48.2 Å². The number of amides is 3. The van der Waals surface area contributed by atoms with Crippen molar-refractivity contribution in [1.82, 2.24) is 5.32 Å². The van der Waals surface area contributed by atoms with E-state index in [1.54, 1.807) is 30.3 Å². The first-order chi connectivity index (χ1) is 12.8. The van der Waals surface area contributed by atoms with E-state index in [4.69, 9.17) is 0 Å². The molecule has 2 aromatic carbocycles. The molecule has 2 rings (SSSR count). The summed E-state index contributed by atoms with van der Waals surface area (Å²) in [7, 11) is 0. The molecular weight excluding hydrogens is 356 g/mol. The fraction of sp³-hybridized carbons (Fsp3) is 0.105. The van der Waals surface area contributed by atoms with Gasteiger partial charge in [-0.05, 0) is 17.7 Å². The third-order valence-electron chi connectivity index (χ3n) is 3.28. The molecule has 0 aromatic heterocycles. The van der Waals surface area contributed by atoms with E-state index in [9.17, 15) is 23.2 Å². The molecule has 0 aliphatic carbocycles. The van der Waals surface area contributed by atoms with E-state index in [2.05, 4.69) is 16.0 Å². The van der Waals surface area contributed by atoms with Gasteiger partial charge in [-0.25, -0.2) is 8.78 Å². The normalized spacial score (nSPS) is 10.9. The van der Waals surface area contributed by atoms with Gasteiger partial charge < -0.3 is 16.0 Å². The summed E-state index contributed by atoms with van der Waals surface area (Å²) in [5.41, 5.74) is -0.129. The quantitative estimate of drug-likeness (QED) is 0.704. The molecule has 0 atom stereocenters. The first kappa shape index (κ1) is 19.8. The Labute approximate surface area is 154 Å². The molecule has 0 unspecified atom stereocenters. The van der Waals surface area contributed by atoms with Crippen LogP contribution in [0.3, 0.4) is 0 Å². The Morgan fingerprint density at radius 1 is 0.852 bits per heavy atom. The molecule has 0 radical (unpaired) electrons. The van der Waals surface area contributed by atoms with E-state index in [-0.39, 0.29) is 17.1 Å². The molecule has 27 heavy (non-hydrogen) atoms. The molecule has 0 saturated carbocycles. The van der Waals surface area contributed by atoms with Crippen molar-refractivity contribution in [3.8, 4) is 0 Å². The molecule has 2 aromatic rings. The van der Waals surface area contributed by atoms with Gasteiger partial charge in [-0.1, -0.05) is 30.3 Å². The Morgan fingerprint density at radius 3 is 2.00 bits per heavy atom. The minimum Gasteiger partial charge on any atom is -0.324 e. The molecule has 0 spiro atoms. The van der Waals surface area contributed by atoms with Gasteiger partial charge in [0.15, 0.2) is 0 Å². The van der Waals surface area contributed by atoms with Gasteiger partial charge in [-0.2, -0.15) is 0 Å². The Morgan fingerprint density at radius 2 is 1.44 bits per heavy atom. The van der Waals surface area contributed by atoms with Gasteiger partial charge in [0, 0.05) is 19.9 Å². The van der Waals surface area contributed by atoms with Crippen molar-refractivity contribution in [2.45, 2.75) is 13.8 Å². The van der Waals surface area contributed by atoms with Crippen molar-refractivity contribution in [2.75, 3.05) is 10.6 Å². The number of halogens is 2. The Balaban J connectivity index is 2.33. The van der Waals surface area contributed by atoms with Gasteiger partial charge in [-0.15, -0.1) is 0 Å². The minimum atomic E-state index is -1.03. The second kappa shape index (κ2) is 8.70. The molecule has 0 bridgehead atoms. The lowest BCUT2D eigenvalue weighted by Crippen LogP contribution is -2.29. The lowest BCUT2D eigenvalue weighted by molar-refractivity contribution is -0.120. The lowest BCUT2D eigenvalue weighted by atomic mass is 10.2. The topological polar surface area (TPSA) is 87.3 Å². The lowest BCUT2D eigenvalue weighted by Gasteiger charge is -2.12. The largest absolute Gasteiger partial charge is 0.324 e. The number of hydrogen-bond acceptors (Lipinski definition) is 3. The van der Waals surface area contributed by atoms with E-state index in [1.165, 1.54) is 19.9 Å². The summed E-state index contributed by atoms with van der Waals surface area (Å²) < 4.78 is 27.7. The van der Waals surface area contributed by atoms with Crippen molar-refractivity contribution >= 4 is 35.2 Å². The molecule has 0 saturated heterocycles. The molecule has 0 aliphatic rings. The van der Waals surface area contributed by atoms with Gasteiger partial charge in [0.25, 0.3) is 5.91 Å².